The number of carbonyl (C=O) groups is 2. The maximum absolute atomic E-state index is 12.7. The Bertz CT molecular complexity index is 817. The van der Waals surface area contributed by atoms with E-state index >= 15 is 0 Å². The van der Waals surface area contributed by atoms with Gasteiger partial charge in [0.1, 0.15) is 0 Å². The summed E-state index contributed by atoms with van der Waals surface area (Å²) in [5.41, 5.74) is 1.29. The topological polar surface area (TPSA) is 70.2 Å². The summed E-state index contributed by atoms with van der Waals surface area (Å²) in [5, 5.41) is 9.86. The van der Waals surface area contributed by atoms with Crippen LogP contribution in [0.3, 0.4) is 0 Å². The quantitative estimate of drug-likeness (QED) is 0.644. The van der Waals surface area contributed by atoms with Crippen molar-refractivity contribution in [1.29, 1.82) is 0 Å². The number of rotatable bonds is 6. The lowest BCUT2D eigenvalue weighted by Gasteiger charge is -2.29. The number of piperidine rings is 1. The molecule has 0 spiro atoms. The number of benzene rings is 2. The molecule has 0 radical (unpaired) electrons. The highest BCUT2D eigenvalue weighted by molar-refractivity contribution is 6.33. The van der Waals surface area contributed by atoms with Crippen LogP contribution >= 0.6 is 24.0 Å². The first-order valence-electron chi connectivity index (χ1n) is 9.66. The summed E-state index contributed by atoms with van der Waals surface area (Å²) in [6.07, 6.45) is 2.00. The molecular formula is C22H27Cl2N3O2. The van der Waals surface area contributed by atoms with Crippen LogP contribution in [0.25, 0.3) is 0 Å². The highest BCUT2D eigenvalue weighted by Gasteiger charge is 2.24. The Labute approximate surface area is 183 Å². The Balaban J connectivity index is 0.00000300. The zero-order chi connectivity index (χ0) is 19.9. The first-order chi connectivity index (χ1) is 13.5. The lowest BCUT2D eigenvalue weighted by Crippen LogP contribution is -2.47. The van der Waals surface area contributed by atoms with Gasteiger partial charge in [-0.2, -0.15) is 0 Å². The number of amides is 2. The lowest BCUT2D eigenvalue weighted by molar-refractivity contribution is -0.122. The molecule has 3 atom stereocenters. The van der Waals surface area contributed by atoms with E-state index < -0.39 is 6.04 Å². The number of carbonyl (C=O) groups excluding carboxylic acids is 2. The molecule has 0 bridgehead atoms. The van der Waals surface area contributed by atoms with Crippen LogP contribution in [0.5, 0.6) is 0 Å². The molecular weight excluding hydrogens is 409 g/mol. The molecule has 0 aromatic heterocycles. The van der Waals surface area contributed by atoms with Crippen molar-refractivity contribution in [3.05, 3.63) is 70.7 Å². The molecule has 2 amide bonds. The van der Waals surface area contributed by atoms with E-state index in [2.05, 4.69) is 22.9 Å². The summed E-state index contributed by atoms with van der Waals surface area (Å²) >= 11 is 6.15. The molecule has 1 fully saturated rings. The molecule has 2 aromatic carbocycles. The molecule has 3 unspecified atom stereocenters. The fourth-order valence-electron chi connectivity index (χ4n) is 3.55. The summed E-state index contributed by atoms with van der Waals surface area (Å²) in [4.78, 5) is 25.4. The summed E-state index contributed by atoms with van der Waals surface area (Å²) in [6.45, 7) is 3.02. The van der Waals surface area contributed by atoms with E-state index in [9.17, 15) is 9.59 Å². The van der Waals surface area contributed by atoms with Crippen molar-refractivity contribution < 1.29 is 9.59 Å². The van der Waals surface area contributed by atoms with Crippen LogP contribution in [0.1, 0.15) is 48.1 Å². The zero-order valence-electron chi connectivity index (χ0n) is 16.4. The minimum absolute atomic E-state index is 0. The number of halogens is 2. The van der Waals surface area contributed by atoms with E-state index in [4.69, 9.17) is 11.6 Å². The molecule has 0 aliphatic carbocycles. The van der Waals surface area contributed by atoms with Crippen LogP contribution in [0.2, 0.25) is 5.02 Å². The highest BCUT2D eigenvalue weighted by atomic mass is 35.5. The van der Waals surface area contributed by atoms with Gasteiger partial charge in [-0.15, -0.1) is 12.4 Å². The van der Waals surface area contributed by atoms with Crippen LogP contribution in [-0.4, -0.2) is 30.4 Å². The summed E-state index contributed by atoms with van der Waals surface area (Å²) in [6, 6.07) is 16.6. The Kier molecular flexibility index (Phi) is 8.96. The molecule has 7 heteroatoms. The second kappa shape index (κ2) is 11.2. The van der Waals surface area contributed by atoms with E-state index in [0.717, 1.165) is 24.9 Å². The number of nitrogens with one attached hydrogen (secondary N) is 3. The van der Waals surface area contributed by atoms with Crippen molar-refractivity contribution in [1.82, 2.24) is 16.0 Å². The number of hydrogen-bond acceptors (Lipinski definition) is 3. The standard InChI is InChI=1S/C22H26ClN3O2.ClH/c1-15-13-17(11-12-24-15)25-21(27)14-20(16-7-3-2-4-8-16)26-22(28)18-9-5-6-10-19(18)23;/h2-10,15,17,20,24H,11-14H2,1H3,(H,25,27)(H,26,28);1H. The van der Waals surface area contributed by atoms with E-state index in [-0.39, 0.29) is 36.7 Å². The van der Waals surface area contributed by atoms with Crippen molar-refractivity contribution in [3.8, 4) is 0 Å². The third kappa shape index (κ3) is 6.74. The van der Waals surface area contributed by atoms with Gasteiger partial charge in [-0.25, -0.2) is 0 Å². The van der Waals surface area contributed by atoms with E-state index in [1.807, 2.05) is 30.3 Å². The van der Waals surface area contributed by atoms with Gasteiger partial charge < -0.3 is 16.0 Å². The molecule has 1 heterocycles. The predicted octanol–water partition coefficient (Wildman–Crippen LogP) is 3.88. The van der Waals surface area contributed by atoms with Gasteiger partial charge in [-0.1, -0.05) is 54.1 Å². The normalized spacial score (nSPS) is 19.5. The van der Waals surface area contributed by atoms with Crippen LogP contribution < -0.4 is 16.0 Å². The third-order valence-corrected chi connectivity index (χ3v) is 5.33. The Hall–Kier alpha value is -2.08. The van der Waals surface area contributed by atoms with Crippen LogP contribution in [0.4, 0.5) is 0 Å². The zero-order valence-corrected chi connectivity index (χ0v) is 17.9. The van der Waals surface area contributed by atoms with E-state index in [1.165, 1.54) is 0 Å². The minimum atomic E-state index is -0.427. The highest BCUT2D eigenvalue weighted by Crippen LogP contribution is 2.20. The van der Waals surface area contributed by atoms with Gasteiger partial charge in [0.2, 0.25) is 5.91 Å². The van der Waals surface area contributed by atoms with Crippen molar-refractivity contribution >= 4 is 35.8 Å². The van der Waals surface area contributed by atoms with Gasteiger partial charge >= 0.3 is 0 Å². The van der Waals surface area contributed by atoms with E-state index in [0.29, 0.717) is 16.6 Å². The van der Waals surface area contributed by atoms with Gasteiger partial charge in [0.25, 0.3) is 5.91 Å². The van der Waals surface area contributed by atoms with Crippen LogP contribution in [-0.2, 0) is 4.79 Å². The largest absolute Gasteiger partial charge is 0.353 e. The summed E-state index contributed by atoms with van der Waals surface area (Å²) in [5.74, 6) is -0.352. The average Bonchev–Trinajstić information content (AvgIpc) is 2.68. The van der Waals surface area contributed by atoms with Gasteiger partial charge in [0.05, 0.1) is 23.0 Å². The third-order valence-electron chi connectivity index (χ3n) is 5.00. The van der Waals surface area contributed by atoms with Crippen molar-refractivity contribution in [3.63, 3.8) is 0 Å². The molecule has 29 heavy (non-hydrogen) atoms. The van der Waals surface area contributed by atoms with Crippen LogP contribution in [0, 0.1) is 0 Å². The summed E-state index contributed by atoms with van der Waals surface area (Å²) < 4.78 is 0. The van der Waals surface area contributed by atoms with Gasteiger partial charge in [-0.3, -0.25) is 9.59 Å². The average molecular weight is 436 g/mol. The second-order valence-corrected chi connectivity index (χ2v) is 7.67. The lowest BCUT2D eigenvalue weighted by atomic mass is 9.99. The fourth-order valence-corrected chi connectivity index (χ4v) is 3.78. The SMILES string of the molecule is CC1CC(NC(=O)CC(NC(=O)c2ccccc2Cl)c2ccccc2)CCN1.Cl. The predicted molar refractivity (Wildman–Crippen MR) is 119 cm³/mol. The first kappa shape index (κ1) is 23.2. The second-order valence-electron chi connectivity index (χ2n) is 7.26. The van der Waals surface area contributed by atoms with Crippen molar-refractivity contribution in [2.24, 2.45) is 0 Å². The fraction of sp³-hybridized carbons (Fsp3) is 0.364. The molecule has 0 saturated carbocycles. The van der Waals surface area contributed by atoms with Crippen molar-refractivity contribution in [2.45, 2.75) is 44.3 Å². The number of hydrogen-bond donors (Lipinski definition) is 3. The molecule has 5 nitrogen and oxygen atoms in total. The van der Waals surface area contributed by atoms with Gasteiger partial charge in [-0.05, 0) is 44.0 Å². The maximum Gasteiger partial charge on any atom is 0.253 e. The molecule has 3 N–H and O–H groups in total. The molecule has 3 rings (SSSR count). The Morgan fingerprint density at radius 1 is 1.14 bits per heavy atom. The maximum atomic E-state index is 12.7. The Morgan fingerprint density at radius 3 is 2.52 bits per heavy atom. The molecule has 2 aromatic rings. The molecule has 1 aliphatic rings. The monoisotopic (exact) mass is 435 g/mol. The van der Waals surface area contributed by atoms with Crippen molar-refractivity contribution in [2.75, 3.05) is 6.54 Å². The smallest absolute Gasteiger partial charge is 0.253 e. The minimum Gasteiger partial charge on any atom is -0.353 e. The first-order valence-corrected chi connectivity index (χ1v) is 10.0. The molecule has 1 saturated heterocycles. The Morgan fingerprint density at radius 2 is 1.83 bits per heavy atom. The summed E-state index contributed by atoms with van der Waals surface area (Å²) in [7, 11) is 0. The molecule has 156 valence electrons. The van der Waals surface area contributed by atoms with Gasteiger partial charge in [0.15, 0.2) is 0 Å². The molecule has 1 aliphatic heterocycles. The van der Waals surface area contributed by atoms with Gasteiger partial charge in [0, 0.05) is 12.1 Å². The van der Waals surface area contributed by atoms with Crippen LogP contribution in [0.15, 0.2) is 54.6 Å². The van der Waals surface area contributed by atoms with E-state index in [1.54, 1.807) is 24.3 Å².